The topological polar surface area (TPSA) is 50.5 Å². The molecule has 1 atom stereocenters. The lowest BCUT2D eigenvalue weighted by Gasteiger charge is -2.02. The molecule has 0 amide bonds. The van der Waals surface area contributed by atoms with E-state index in [4.69, 9.17) is 0 Å². The predicted molar refractivity (Wildman–Crippen MR) is 84.6 cm³/mol. The summed E-state index contributed by atoms with van der Waals surface area (Å²) in [6, 6.07) is 8.76. The Kier molecular flexibility index (Phi) is 4.47. The first kappa shape index (κ1) is 15.4. The molecule has 0 fully saturated rings. The van der Waals surface area contributed by atoms with Crippen LogP contribution in [-0.4, -0.2) is 9.97 Å². The zero-order valence-electron chi connectivity index (χ0n) is 12.1. The second-order valence-electron chi connectivity index (χ2n) is 4.79. The summed E-state index contributed by atoms with van der Waals surface area (Å²) in [4.78, 5) is 8.42. The van der Waals surface area contributed by atoms with Gasteiger partial charge in [0.1, 0.15) is 17.7 Å². The van der Waals surface area contributed by atoms with E-state index in [1.165, 1.54) is 23.5 Å². The third-order valence-corrected chi connectivity index (χ3v) is 3.86. The molecule has 4 nitrogen and oxygen atoms in total. The molecule has 0 saturated heterocycles. The van der Waals surface area contributed by atoms with Gasteiger partial charge in [0, 0.05) is 23.2 Å². The second-order valence-corrected chi connectivity index (χ2v) is 5.62. The second kappa shape index (κ2) is 6.70. The zero-order valence-corrected chi connectivity index (χ0v) is 13.0. The van der Waals surface area contributed by atoms with Gasteiger partial charge in [-0.05, 0) is 31.2 Å². The largest absolute Gasteiger partial charge is 0.259 e. The Labute approximate surface area is 135 Å². The summed E-state index contributed by atoms with van der Waals surface area (Å²) in [6.07, 6.45) is 1.69. The van der Waals surface area contributed by atoms with Crippen LogP contribution in [0.2, 0.25) is 0 Å². The molecule has 0 N–H and O–H groups in total. The van der Waals surface area contributed by atoms with Gasteiger partial charge in [0.2, 0.25) is 5.13 Å². The lowest BCUT2D eigenvalue weighted by molar-refractivity contribution is 0.585. The van der Waals surface area contributed by atoms with E-state index in [1.54, 1.807) is 11.6 Å². The SMILES string of the molecule is CC(N=Nc1nc(-c2ccc(F)cc2F)cs1)c1ccccn1. The van der Waals surface area contributed by atoms with E-state index in [2.05, 4.69) is 20.2 Å². The van der Waals surface area contributed by atoms with E-state index >= 15 is 0 Å². The van der Waals surface area contributed by atoms with Gasteiger partial charge in [-0.25, -0.2) is 13.8 Å². The van der Waals surface area contributed by atoms with E-state index in [1.807, 2.05) is 25.1 Å². The van der Waals surface area contributed by atoms with Crippen LogP contribution in [0.15, 0.2) is 58.2 Å². The number of hydrogen-bond donors (Lipinski definition) is 0. The van der Waals surface area contributed by atoms with E-state index in [0.717, 1.165) is 11.8 Å². The van der Waals surface area contributed by atoms with Crippen LogP contribution < -0.4 is 0 Å². The summed E-state index contributed by atoms with van der Waals surface area (Å²) < 4.78 is 26.7. The number of aromatic nitrogens is 2. The Balaban J connectivity index is 1.78. The van der Waals surface area contributed by atoms with Gasteiger partial charge in [0.25, 0.3) is 0 Å². The molecule has 3 aromatic rings. The van der Waals surface area contributed by atoms with Crippen molar-refractivity contribution in [3.8, 4) is 11.3 Å². The molecular formula is C16H12F2N4S. The highest BCUT2D eigenvalue weighted by Crippen LogP contribution is 2.29. The van der Waals surface area contributed by atoms with Crippen LogP contribution >= 0.6 is 11.3 Å². The highest BCUT2D eigenvalue weighted by atomic mass is 32.1. The van der Waals surface area contributed by atoms with Crippen molar-refractivity contribution in [1.82, 2.24) is 9.97 Å². The maximum atomic E-state index is 13.7. The lowest BCUT2D eigenvalue weighted by Crippen LogP contribution is -1.91. The quantitative estimate of drug-likeness (QED) is 0.607. The predicted octanol–water partition coefficient (Wildman–Crippen LogP) is 5.33. The molecule has 0 saturated carbocycles. The number of hydrogen-bond acceptors (Lipinski definition) is 5. The van der Waals surface area contributed by atoms with Crippen molar-refractivity contribution in [3.63, 3.8) is 0 Å². The first-order valence-corrected chi connectivity index (χ1v) is 7.74. The molecule has 7 heteroatoms. The standard InChI is InChI=1S/C16H12F2N4S/c1-10(14-4-2-3-7-19-14)21-22-16-20-15(9-23-16)12-6-5-11(17)8-13(12)18/h2-10H,1H3. The molecule has 116 valence electrons. The van der Waals surface area contributed by atoms with E-state index in [9.17, 15) is 8.78 Å². The minimum absolute atomic E-state index is 0.203. The summed E-state index contributed by atoms with van der Waals surface area (Å²) in [5.74, 6) is -1.27. The molecule has 0 spiro atoms. The fourth-order valence-corrected chi connectivity index (χ4v) is 2.59. The highest BCUT2D eigenvalue weighted by Gasteiger charge is 2.11. The maximum absolute atomic E-state index is 13.7. The van der Waals surface area contributed by atoms with Gasteiger partial charge in [-0.3, -0.25) is 4.98 Å². The monoisotopic (exact) mass is 330 g/mol. The van der Waals surface area contributed by atoms with Crippen LogP contribution in [0.3, 0.4) is 0 Å². The minimum atomic E-state index is -0.652. The van der Waals surface area contributed by atoms with Crippen LogP contribution in [0.4, 0.5) is 13.9 Å². The molecule has 1 aromatic carbocycles. The third kappa shape index (κ3) is 3.62. The minimum Gasteiger partial charge on any atom is -0.259 e. The van der Waals surface area contributed by atoms with Crippen molar-refractivity contribution in [1.29, 1.82) is 0 Å². The molecule has 0 bridgehead atoms. The van der Waals surface area contributed by atoms with Gasteiger partial charge in [0.15, 0.2) is 0 Å². The van der Waals surface area contributed by atoms with Crippen molar-refractivity contribution in [2.75, 3.05) is 0 Å². The van der Waals surface area contributed by atoms with Crippen molar-refractivity contribution >= 4 is 16.5 Å². The Hall–Kier alpha value is -2.54. The number of thiazole rings is 1. The van der Waals surface area contributed by atoms with Crippen molar-refractivity contribution in [2.45, 2.75) is 13.0 Å². The Morgan fingerprint density at radius 2 is 2.04 bits per heavy atom. The van der Waals surface area contributed by atoms with E-state index in [0.29, 0.717) is 10.8 Å². The van der Waals surface area contributed by atoms with Crippen molar-refractivity contribution in [3.05, 3.63) is 65.3 Å². The van der Waals surface area contributed by atoms with Gasteiger partial charge < -0.3 is 0 Å². The number of pyridine rings is 1. The molecule has 0 aliphatic carbocycles. The van der Waals surface area contributed by atoms with E-state index < -0.39 is 11.6 Å². The smallest absolute Gasteiger partial charge is 0.230 e. The van der Waals surface area contributed by atoms with Crippen LogP contribution in [0.5, 0.6) is 0 Å². The summed E-state index contributed by atoms with van der Waals surface area (Å²) in [7, 11) is 0. The van der Waals surface area contributed by atoms with Crippen molar-refractivity contribution in [2.24, 2.45) is 10.2 Å². The molecule has 1 unspecified atom stereocenters. The van der Waals surface area contributed by atoms with Crippen LogP contribution in [-0.2, 0) is 0 Å². The molecule has 0 aliphatic rings. The van der Waals surface area contributed by atoms with Gasteiger partial charge in [0.05, 0.1) is 11.4 Å². The zero-order chi connectivity index (χ0) is 16.2. The average molecular weight is 330 g/mol. The van der Waals surface area contributed by atoms with E-state index in [-0.39, 0.29) is 11.6 Å². The number of nitrogens with zero attached hydrogens (tertiary/aromatic N) is 4. The Morgan fingerprint density at radius 3 is 2.78 bits per heavy atom. The third-order valence-electron chi connectivity index (χ3n) is 3.13. The number of rotatable bonds is 4. The molecule has 3 rings (SSSR count). The molecule has 0 aliphatic heterocycles. The first-order valence-electron chi connectivity index (χ1n) is 6.86. The molecular weight excluding hydrogens is 318 g/mol. The van der Waals surface area contributed by atoms with Gasteiger partial charge in [-0.1, -0.05) is 6.07 Å². The van der Waals surface area contributed by atoms with Gasteiger partial charge >= 0.3 is 0 Å². The number of benzene rings is 1. The summed E-state index contributed by atoms with van der Waals surface area (Å²) in [5.41, 5.74) is 1.45. The summed E-state index contributed by atoms with van der Waals surface area (Å²) >= 11 is 1.24. The van der Waals surface area contributed by atoms with Crippen LogP contribution in [0.1, 0.15) is 18.7 Å². The highest BCUT2D eigenvalue weighted by molar-refractivity contribution is 7.13. The molecule has 2 heterocycles. The summed E-state index contributed by atoms with van der Waals surface area (Å²) in [6.45, 7) is 1.87. The first-order chi connectivity index (χ1) is 11.1. The molecule has 23 heavy (non-hydrogen) atoms. The normalized spacial score (nSPS) is 12.7. The van der Waals surface area contributed by atoms with Gasteiger partial charge in [-0.15, -0.1) is 16.5 Å². The number of azo groups is 1. The Bertz CT molecular complexity index is 833. The molecule has 2 aromatic heterocycles. The van der Waals surface area contributed by atoms with Gasteiger partial charge in [-0.2, -0.15) is 5.11 Å². The lowest BCUT2D eigenvalue weighted by atomic mass is 10.1. The fourth-order valence-electron chi connectivity index (χ4n) is 1.95. The Morgan fingerprint density at radius 1 is 1.17 bits per heavy atom. The maximum Gasteiger partial charge on any atom is 0.230 e. The fraction of sp³-hybridized carbons (Fsp3) is 0.125. The number of halogens is 2. The van der Waals surface area contributed by atoms with Crippen LogP contribution in [0.25, 0.3) is 11.3 Å². The molecule has 0 radical (unpaired) electrons. The van der Waals surface area contributed by atoms with Crippen LogP contribution in [0, 0.1) is 11.6 Å². The summed E-state index contributed by atoms with van der Waals surface area (Å²) in [5, 5.41) is 10.3. The average Bonchev–Trinajstić information content (AvgIpc) is 3.02. The van der Waals surface area contributed by atoms with Crippen molar-refractivity contribution < 1.29 is 8.78 Å².